The first-order chi connectivity index (χ1) is 8.68. The van der Waals surface area contributed by atoms with Crippen LogP contribution in [0.5, 0.6) is 0 Å². The Balaban J connectivity index is 2.12. The fourth-order valence-electron chi connectivity index (χ4n) is 2.92. The Morgan fingerprint density at radius 2 is 1.89 bits per heavy atom. The van der Waals surface area contributed by atoms with Gasteiger partial charge in [-0.1, -0.05) is 20.8 Å². The number of hydrogen-bond donors (Lipinski definition) is 0. The molecule has 0 heterocycles. The molecular formula is C13H25ClO4S. The van der Waals surface area contributed by atoms with Gasteiger partial charge in [-0.05, 0) is 30.6 Å². The molecule has 0 aromatic heterocycles. The van der Waals surface area contributed by atoms with E-state index in [0.29, 0.717) is 30.7 Å². The molecule has 0 radical (unpaired) electrons. The van der Waals surface area contributed by atoms with Gasteiger partial charge in [-0.15, -0.1) is 0 Å². The van der Waals surface area contributed by atoms with E-state index < -0.39 is 9.05 Å². The van der Waals surface area contributed by atoms with Crippen molar-refractivity contribution in [1.82, 2.24) is 0 Å². The quantitative estimate of drug-likeness (QED) is 0.536. The fourth-order valence-corrected chi connectivity index (χ4v) is 3.43. The van der Waals surface area contributed by atoms with E-state index in [0.717, 1.165) is 12.8 Å². The number of halogens is 1. The van der Waals surface area contributed by atoms with Crippen molar-refractivity contribution >= 4 is 19.7 Å². The molecule has 1 fully saturated rings. The molecule has 2 unspecified atom stereocenters. The average Bonchev–Trinajstić information content (AvgIpc) is 2.18. The van der Waals surface area contributed by atoms with Crippen molar-refractivity contribution in [2.24, 2.45) is 11.3 Å². The molecule has 0 bridgehead atoms. The van der Waals surface area contributed by atoms with E-state index in [-0.39, 0.29) is 12.4 Å². The summed E-state index contributed by atoms with van der Waals surface area (Å²) in [5.41, 5.74) is 0.343. The first kappa shape index (κ1) is 17.2. The summed E-state index contributed by atoms with van der Waals surface area (Å²) in [6.07, 6.45) is 3.71. The second-order valence-electron chi connectivity index (χ2n) is 6.26. The van der Waals surface area contributed by atoms with Crippen molar-refractivity contribution in [1.29, 1.82) is 0 Å². The van der Waals surface area contributed by atoms with Crippen molar-refractivity contribution in [2.45, 2.75) is 46.1 Å². The lowest BCUT2D eigenvalue weighted by atomic mass is 9.71. The van der Waals surface area contributed by atoms with Gasteiger partial charge >= 0.3 is 0 Å². The first-order valence-corrected chi connectivity index (χ1v) is 9.27. The van der Waals surface area contributed by atoms with Gasteiger partial charge in [0.05, 0.1) is 31.7 Å². The third-order valence-corrected chi connectivity index (χ3v) is 4.52. The van der Waals surface area contributed by atoms with Crippen molar-refractivity contribution in [3.05, 3.63) is 0 Å². The molecule has 0 aromatic rings. The van der Waals surface area contributed by atoms with Gasteiger partial charge in [0.25, 0.3) is 0 Å². The maximum atomic E-state index is 10.7. The Morgan fingerprint density at radius 3 is 2.47 bits per heavy atom. The van der Waals surface area contributed by atoms with Crippen LogP contribution in [0.1, 0.15) is 40.0 Å². The van der Waals surface area contributed by atoms with E-state index in [4.69, 9.17) is 20.2 Å². The first-order valence-electron chi connectivity index (χ1n) is 6.80. The highest BCUT2D eigenvalue weighted by Crippen LogP contribution is 2.39. The highest BCUT2D eigenvalue weighted by Gasteiger charge is 2.32. The van der Waals surface area contributed by atoms with Gasteiger partial charge in [0.15, 0.2) is 0 Å². The molecule has 114 valence electrons. The Labute approximate surface area is 121 Å². The third-order valence-electron chi connectivity index (χ3n) is 3.40. The summed E-state index contributed by atoms with van der Waals surface area (Å²) in [5, 5.41) is 0. The molecule has 2 atom stereocenters. The number of ether oxygens (including phenoxy) is 2. The molecule has 1 rings (SSSR count). The molecule has 1 aliphatic carbocycles. The fraction of sp³-hybridized carbons (Fsp3) is 1.00. The highest BCUT2D eigenvalue weighted by molar-refractivity contribution is 8.13. The van der Waals surface area contributed by atoms with Crippen molar-refractivity contribution in [3.63, 3.8) is 0 Å². The Kier molecular flexibility index (Phi) is 6.57. The summed E-state index contributed by atoms with van der Waals surface area (Å²) in [6, 6.07) is 0. The molecule has 0 amide bonds. The smallest absolute Gasteiger partial charge is 0.234 e. The second-order valence-corrected chi connectivity index (χ2v) is 9.16. The highest BCUT2D eigenvalue weighted by atomic mass is 35.7. The minimum Gasteiger partial charge on any atom is -0.378 e. The maximum Gasteiger partial charge on any atom is 0.234 e. The zero-order chi connectivity index (χ0) is 14.5. The molecule has 0 N–H and O–H groups in total. The van der Waals surface area contributed by atoms with E-state index in [1.165, 1.54) is 6.42 Å². The van der Waals surface area contributed by atoms with Crippen LogP contribution in [0.2, 0.25) is 0 Å². The summed E-state index contributed by atoms with van der Waals surface area (Å²) in [5.74, 6) is 0.540. The molecule has 0 aromatic carbocycles. The summed E-state index contributed by atoms with van der Waals surface area (Å²) in [6.45, 7) is 7.87. The van der Waals surface area contributed by atoms with Gasteiger partial charge in [-0.25, -0.2) is 8.42 Å². The van der Waals surface area contributed by atoms with E-state index in [1.807, 2.05) is 0 Å². The van der Waals surface area contributed by atoms with Crippen LogP contribution in [0, 0.1) is 11.3 Å². The van der Waals surface area contributed by atoms with Gasteiger partial charge in [-0.3, -0.25) is 0 Å². The minimum atomic E-state index is -3.45. The lowest BCUT2D eigenvalue weighted by molar-refractivity contribution is -0.0432. The minimum absolute atomic E-state index is 0.127. The SMILES string of the molecule is CC1CC(OCCOCCS(=O)(=O)Cl)CC(C)(C)C1. The average molecular weight is 313 g/mol. The molecule has 1 aliphatic rings. The molecule has 1 saturated carbocycles. The van der Waals surface area contributed by atoms with Crippen LogP contribution in [-0.4, -0.2) is 40.1 Å². The molecular weight excluding hydrogens is 288 g/mol. The summed E-state index contributed by atoms with van der Waals surface area (Å²) >= 11 is 0. The third kappa shape index (κ3) is 8.12. The Bertz CT molecular complexity index is 367. The normalized spacial score (nSPS) is 27.4. The largest absolute Gasteiger partial charge is 0.378 e. The lowest BCUT2D eigenvalue weighted by Gasteiger charge is -2.38. The van der Waals surface area contributed by atoms with Crippen LogP contribution >= 0.6 is 10.7 Å². The van der Waals surface area contributed by atoms with Crippen molar-refractivity contribution in [2.75, 3.05) is 25.6 Å². The maximum absolute atomic E-state index is 10.7. The van der Waals surface area contributed by atoms with Gasteiger partial charge in [0.2, 0.25) is 9.05 Å². The van der Waals surface area contributed by atoms with Crippen LogP contribution < -0.4 is 0 Å². The van der Waals surface area contributed by atoms with E-state index in [2.05, 4.69) is 20.8 Å². The predicted octanol–water partition coefficient (Wildman–Crippen LogP) is 2.80. The van der Waals surface area contributed by atoms with E-state index >= 15 is 0 Å². The van der Waals surface area contributed by atoms with E-state index in [1.54, 1.807) is 0 Å². The number of hydrogen-bond acceptors (Lipinski definition) is 4. The van der Waals surface area contributed by atoms with Crippen LogP contribution in [0.25, 0.3) is 0 Å². The van der Waals surface area contributed by atoms with Crippen LogP contribution in [0.3, 0.4) is 0 Å². The molecule has 6 heteroatoms. The van der Waals surface area contributed by atoms with Crippen LogP contribution in [-0.2, 0) is 18.5 Å². The molecule has 19 heavy (non-hydrogen) atoms. The monoisotopic (exact) mass is 312 g/mol. The summed E-state index contributed by atoms with van der Waals surface area (Å²) in [7, 11) is 1.63. The van der Waals surface area contributed by atoms with Gasteiger partial charge in [-0.2, -0.15) is 0 Å². The standard InChI is InChI=1S/C13H25ClO4S/c1-11-8-12(10-13(2,3)9-11)18-5-4-17-6-7-19(14,15)16/h11-12H,4-10H2,1-3H3. The Hall–Kier alpha value is 0.160. The van der Waals surface area contributed by atoms with Crippen molar-refractivity contribution in [3.8, 4) is 0 Å². The molecule has 0 saturated heterocycles. The van der Waals surface area contributed by atoms with Crippen LogP contribution in [0.15, 0.2) is 0 Å². The summed E-state index contributed by atoms with van der Waals surface area (Å²) < 4.78 is 32.4. The zero-order valence-electron chi connectivity index (χ0n) is 12.0. The molecule has 0 spiro atoms. The number of rotatable bonds is 7. The zero-order valence-corrected chi connectivity index (χ0v) is 13.6. The van der Waals surface area contributed by atoms with E-state index in [9.17, 15) is 8.42 Å². The second kappa shape index (κ2) is 7.25. The van der Waals surface area contributed by atoms with Crippen molar-refractivity contribution < 1.29 is 17.9 Å². The summed E-state index contributed by atoms with van der Waals surface area (Å²) in [4.78, 5) is 0. The predicted molar refractivity (Wildman–Crippen MR) is 77.0 cm³/mol. The van der Waals surface area contributed by atoms with Gasteiger partial charge < -0.3 is 9.47 Å². The molecule has 0 aliphatic heterocycles. The van der Waals surface area contributed by atoms with Gasteiger partial charge in [0.1, 0.15) is 0 Å². The topological polar surface area (TPSA) is 52.6 Å². The van der Waals surface area contributed by atoms with Gasteiger partial charge in [0, 0.05) is 10.7 Å². The lowest BCUT2D eigenvalue weighted by Crippen LogP contribution is -2.33. The Morgan fingerprint density at radius 1 is 1.21 bits per heavy atom. The molecule has 4 nitrogen and oxygen atoms in total. The van der Waals surface area contributed by atoms with Crippen LogP contribution in [0.4, 0.5) is 0 Å².